The number of hydrogen-bond donors (Lipinski definition) is 2. The van der Waals surface area contributed by atoms with Crippen LogP contribution in [0.5, 0.6) is 0 Å². The molecule has 0 fully saturated rings. The lowest BCUT2D eigenvalue weighted by Gasteiger charge is -2.16. The molecule has 0 unspecified atom stereocenters. The van der Waals surface area contributed by atoms with Gasteiger partial charge in [0, 0.05) is 16.3 Å². The smallest absolute Gasteiger partial charge is 0.242 e. The minimum absolute atomic E-state index is 0.0428. The van der Waals surface area contributed by atoms with Crippen LogP contribution in [0.15, 0.2) is 83.8 Å². The number of sulfonamides is 1. The summed E-state index contributed by atoms with van der Waals surface area (Å²) in [6.07, 6.45) is 0. The molecule has 0 saturated carbocycles. The van der Waals surface area contributed by atoms with Crippen LogP contribution < -0.4 is 10.0 Å². The zero-order valence-corrected chi connectivity index (χ0v) is 16.7. The number of rotatable bonds is 6. The van der Waals surface area contributed by atoms with Gasteiger partial charge in [-0.15, -0.1) is 0 Å². The molecule has 0 saturated heterocycles. The molecule has 28 heavy (non-hydrogen) atoms. The molecule has 3 aromatic carbocycles. The lowest BCUT2D eigenvalue weighted by atomic mass is 10.0. The maximum absolute atomic E-state index is 12.6. The maximum Gasteiger partial charge on any atom is 0.242 e. The summed E-state index contributed by atoms with van der Waals surface area (Å²) in [5.74, 6) is -0.457. The van der Waals surface area contributed by atoms with Crippen molar-refractivity contribution in [1.82, 2.24) is 4.72 Å². The first-order valence-electron chi connectivity index (χ1n) is 8.60. The standard InChI is InChI=1S/C21H19ClN2O3S/c1-15(24-28(26,27)18-13-11-17(22)12-14-18)21(25)23-20-10-6-5-9-19(20)16-7-3-2-4-8-16/h2-15,24H,1H3,(H,23,25)/t15-/m0/s1. The van der Waals surface area contributed by atoms with Crippen LogP contribution in [0.2, 0.25) is 5.02 Å². The first kappa shape index (κ1) is 20.1. The van der Waals surface area contributed by atoms with E-state index in [9.17, 15) is 13.2 Å². The molecule has 0 aliphatic carbocycles. The fourth-order valence-corrected chi connectivity index (χ4v) is 4.00. The molecular weight excluding hydrogens is 396 g/mol. The number of carbonyl (C=O) groups is 1. The highest BCUT2D eigenvalue weighted by molar-refractivity contribution is 7.89. The summed E-state index contributed by atoms with van der Waals surface area (Å²) in [7, 11) is -3.85. The Balaban J connectivity index is 1.76. The molecule has 0 aliphatic heterocycles. The predicted octanol–water partition coefficient (Wildman–Crippen LogP) is 4.31. The molecule has 144 valence electrons. The Labute approximate surface area is 169 Å². The minimum atomic E-state index is -3.85. The van der Waals surface area contributed by atoms with Gasteiger partial charge < -0.3 is 5.32 Å². The van der Waals surface area contributed by atoms with Gasteiger partial charge in [-0.1, -0.05) is 60.1 Å². The van der Waals surface area contributed by atoms with Gasteiger partial charge in [0.15, 0.2) is 0 Å². The van der Waals surface area contributed by atoms with E-state index in [-0.39, 0.29) is 4.90 Å². The molecule has 0 aromatic heterocycles. The van der Waals surface area contributed by atoms with E-state index in [4.69, 9.17) is 11.6 Å². The molecule has 0 spiro atoms. The largest absolute Gasteiger partial charge is 0.324 e. The summed E-state index contributed by atoms with van der Waals surface area (Å²) in [5, 5.41) is 3.24. The molecule has 0 bridgehead atoms. The van der Waals surface area contributed by atoms with Gasteiger partial charge in [-0.05, 0) is 42.8 Å². The maximum atomic E-state index is 12.6. The minimum Gasteiger partial charge on any atom is -0.324 e. The normalized spacial score (nSPS) is 12.4. The van der Waals surface area contributed by atoms with E-state index >= 15 is 0 Å². The van der Waals surface area contributed by atoms with Crippen molar-refractivity contribution in [3.63, 3.8) is 0 Å². The van der Waals surface area contributed by atoms with Crippen molar-refractivity contribution in [2.75, 3.05) is 5.32 Å². The number of hydrogen-bond acceptors (Lipinski definition) is 3. The van der Waals surface area contributed by atoms with E-state index < -0.39 is 22.0 Å². The molecule has 2 N–H and O–H groups in total. The molecule has 3 aromatic rings. The summed E-state index contributed by atoms with van der Waals surface area (Å²) < 4.78 is 27.3. The summed E-state index contributed by atoms with van der Waals surface area (Å²) in [6.45, 7) is 1.49. The van der Waals surface area contributed by atoms with Crippen LogP contribution in [-0.2, 0) is 14.8 Å². The van der Waals surface area contributed by atoms with E-state index in [1.807, 2.05) is 48.5 Å². The summed E-state index contributed by atoms with van der Waals surface area (Å²) in [4.78, 5) is 12.6. The van der Waals surface area contributed by atoms with Crippen molar-refractivity contribution >= 4 is 33.2 Å². The number of anilines is 1. The number of nitrogens with one attached hydrogen (secondary N) is 2. The second-order valence-corrected chi connectivity index (χ2v) is 8.35. The van der Waals surface area contributed by atoms with Crippen molar-refractivity contribution in [1.29, 1.82) is 0 Å². The molecule has 5 nitrogen and oxygen atoms in total. The molecule has 0 aliphatic rings. The highest BCUT2D eigenvalue weighted by Gasteiger charge is 2.22. The van der Waals surface area contributed by atoms with E-state index in [0.717, 1.165) is 11.1 Å². The van der Waals surface area contributed by atoms with Crippen LogP contribution in [0.1, 0.15) is 6.92 Å². The second-order valence-electron chi connectivity index (χ2n) is 6.20. The Bertz CT molecular complexity index is 1070. The Morgan fingerprint density at radius 3 is 2.18 bits per heavy atom. The monoisotopic (exact) mass is 414 g/mol. The second kappa shape index (κ2) is 8.56. The zero-order chi connectivity index (χ0) is 20.1. The number of halogens is 1. The number of benzene rings is 3. The summed E-state index contributed by atoms with van der Waals surface area (Å²) in [6, 6.07) is 21.8. The Morgan fingerprint density at radius 2 is 1.50 bits per heavy atom. The Hall–Kier alpha value is -2.67. The van der Waals surface area contributed by atoms with Crippen molar-refractivity contribution in [2.24, 2.45) is 0 Å². The van der Waals surface area contributed by atoms with Gasteiger partial charge in [0.2, 0.25) is 15.9 Å². The van der Waals surface area contributed by atoms with Crippen LogP contribution in [-0.4, -0.2) is 20.4 Å². The highest BCUT2D eigenvalue weighted by atomic mass is 35.5. The van der Waals surface area contributed by atoms with Crippen molar-refractivity contribution in [3.05, 3.63) is 83.9 Å². The Kier molecular flexibility index (Phi) is 6.14. The van der Waals surface area contributed by atoms with Crippen molar-refractivity contribution in [3.8, 4) is 11.1 Å². The van der Waals surface area contributed by atoms with Crippen LogP contribution in [0.4, 0.5) is 5.69 Å². The van der Waals surface area contributed by atoms with Gasteiger partial charge >= 0.3 is 0 Å². The summed E-state index contributed by atoms with van der Waals surface area (Å²) in [5.41, 5.74) is 2.41. The van der Waals surface area contributed by atoms with Crippen LogP contribution >= 0.6 is 11.6 Å². The topological polar surface area (TPSA) is 75.3 Å². The third-order valence-corrected chi connectivity index (χ3v) is 5.93. The van der Waals surface area contributed by atoms with E-state index in [0.29, 0.717) is 10.7 Å². The van der Waals surface area contributed by atoms with Gasteiger partial charge in [-0.3, -0.25) is 4.79 Å². The van der Waals surface area contributed by atoms with E-state index in [1.165, 1.54) is 31.2 Å². The van der Waals surface area contributed by atoms with Gasteiger partial charge in [-0.25, -0.2) is 8.42 Å². The molecule has 0 radical (unpaired) electrons. The van der Waals surface area contributed by atoms with Gasteiger partial charge in [0.25, 0.3) is 0 Å². The quantitative estimate of drug-likeness (QED) is 0.631. The van der Waals surface area contributed by atoms with Crippen molar-refractivity contribution < 1.29 is 13.2 Å². The third-order valence-electron chi connectivity index (χ3n) is 4.12. The number of carbonyl (C=O) groups excluding carboxylic acids is 1. The molecule has 7 heteroatoms. The molecule has 1 amide bonds. The fourth-order valence-electron chi connectivity index (χ4n) is 2.67. The average molecular weight is 415 g/mol. The summed E-state index contributed by atoms with van der Waals surface area (Å²) >= 11 is 5.79. The van der Waals surface area contributed by atoms with E-state index in [2.05, 4.69) is 10.0 Å². The highest BCUT2D eigenvalue weighted by Crippen LogP contribution is 2.27. The van der Waals surface area contributed by atoms with Gasteiger partial charge in [-0.2, -0.15) is 4.72 Å². The number of para-hydroxylation sites is 1. The molecule has 3 rings (SSSR count). The van der Waals surface area contributed by atoms with Gasteiger partial charge in [0.1, 0.15) is 0 Å². The molecule has 1 atom stereocenters. The van der Waals surface area contributed by atoms with Crippen molar-refractivity contribution in [2.45, 2.75) is 17.9 Å². The predicted molar refractivity (Wildman–Crippen MR) is 112 cm³/mol. The van der Waals surface area contributed by atoms with Gasteiger partial charge in [0.05, 0.1) is 10.9 Å². The average Bonchev–Trinajstić information content (AvgIpc) is 2.69. The van der Waals surface area contributed by atoms with E-state index in [1.54, 1.807) is 6.07 Å². The fraction of sp³-hybridized carbons (Fsp3) is 0.0952. The lowest BCUT2D eigenvalue weighted by molar-refractivity contribution is -0.117. The number of amides is 1. The molecule has 0 heterocycles. The molecular formula is C21H19ClN2O3S. The van der Waals surface area contributed by atoms with Crippen LogP contribution in [0, 0.1) is 0 Å². The third kappa shape index (κ3) is 4.78. The lowest BCUT2D eigenvalue weighted by Crippen LogP contribution is -2.41. The Morgan fingerprint density at radius 1 is 0.893 bits per heavy atom. The first-order valence-corrected chi connectivity index (χ1v) is 10.5. The first-order chi connectivity index (χ1) is 13.4. The van der Waals surface area contributed by atoms with Crippen LogP contribution in [0.25, 0.3) is 11.1 Å². The zero-order valence-electron chi connectivity index (χ0n) is 15.1. The SMILES string of the molecule is C[C@H](NS(=O)(=O)c1ccc(Cl)cc1)C(=O)Nc1ccccc1-c1ccccc1. The van der Waals surface area contributed by atoms with Crippen LogP contribution in [0.3, 0.4) is 0 Å².